The Bertz CT molecular complexity index is 1670. The van der Waals surface area contributed by atoms with Gasteiger partial charge in [0.15, 0.2) is 0 Å². The number of nitrogens with one attached hydrogen (secondary N) is 2. The SMILES string of the molecule is CC(C)(C)OC(=O)C[C@H](NC(=O)OCC1c2ccccc2-c2ccccc21)C(=O)N[C@@H](CCC(=O)OC1CCCCC1)C(=O)OCc1ccccc1. The minimum atomic E-state index is -1.47. The van der Waals surface area contributed by atoms with Crippen LogP contribution in [0.25, 0.3) is 11.1 Å². The molecule has 276 valence electrons. The molecule has 2 aliphatic rings. The lowest BCUT2D eigenvalue weighted by Crippen LogP contribution is -2.53. The number of carbonyl (C=O) groups is 5. The van der Waals surface area contributed by atoms with Crippen molar-refractivity contribution in [2.45, 2.75) is 108 Å². The van der Waals surface area contributed by atoms with Gasteiger partial charge in [-0.15, -0.1) is 0 Å². The molecule has 0 aromatic heterocycles. The second-order valence-electron chi connectivity index (χ2n) is 14.3. The van der Waals surface area contributed by atoms with Crippen molar-refractivity contribution in [3.63, 3.8) is 0 Å². The molecule has 2 aliphatic carbocycles. The van der Waals surface area contributed by atoms with Crippen LogP contribution in [0.4, 0.5) is 4.79 Å². The zero-order valence-electron chi connectivity index (χ0n) is 30.1. The summed E-state index contributed by atoms with van der Waals surface area (Å²) in [5, 5.41) is 5.12. The number of alkyl carbamates (subject to hydrolysis) is 1. The molecule has 0 aliphatic heterocycles. The first kappa shape index (κ1) is 38.1. The fourth-order valence-corrected chi connectivity index (χ4v) is 6.58. The molecule has 5 rings (SSSR count). The smallest absolute Gasteiger partial charge is 0.407 e. The van der Waals surface area contributed by atoms with Crippen molar-refractivity contribution in [1.29, 1.82) is 0 Å². The molecule has 0 unspecified atom stereocenters. The van der Waals surface area contributed by atoms with Gasteiger partial charge in [0.25, 0.3) is 0 Å². The summed E-state index contributed by atoms with van der Waals surface area (Å²) in [6, 6.07) is 22.1. The predicted octanol–water partition coefficient (Wildman–Crippen LogP) is 6.51. The Labute approximate surface area is 304 Å². The van der Waals surface area contributed by atoms with E-state index < -0.39 is 54.0 Å². The number of benzene rings is 3. The van der Waals surface area contributed by atoms with Gasteiger partial charge in [-0.2, -0.15) is 0 Å². The van der Waals surface area contributed by atoms with Gasteiger partial charge in [0.2, 0.25) is 5.91 Å². The van der Waals surface area contributed by atoms with Crippen molar-refractivity contribution in [2.24, 2.45) is 0 Å². The lowest BCUT2D eigenvalue weighted by Gasteiger charge is -2.25. The Morgan fingerprint density at radius 3 is 1.98 bits per heavy atom. The molecule has 1 saturated carbocycles. The highest BCUT2D eigenvalue weighted by Gasteiger charge is 2.33. The van der Waals surface area contributed by atoms with E-state index in [1.807, 2.05) is 54.6 Å². The van der Waals surface area contributed by atoms with E-state index in [-0.39, 0.29) is 38.1 Å². The van der Waals surface area contributed by atoms with E-state index in [9.17, 15) is 24.0 Å². The van der Waals surface area contributed by atoms with Crippen LogP contribution >= 0.6 is 0 Å². The van der Waals surface area contributed by atoms with Gasteiger partial charge >= 0.3 is 24.0 Å². The highest BCUT2D eigenvalue weighted by molar-refractivity contribution is 5.92. The van der Waals surface area contributed by atoms with Crippen LogP contribution < -0.4 is 10.6 Å². The topological polar surface area (TPSA) is 146 Å². The summed E-state index contributed by atoms with van der Waals surface area (Å²) in [7, 11) is 0. The second kappa shape index (κ2) is 17.8. The minimum Gasteiger partial charge on any atom is -0.462 e. The molecular formula is C41H48N2O9. The molecule has 3 aromatic rings. The highest BCUT2D eigenvalue weighted by atomic mass is 16.6. The van der Waals surface area contributed by atoms with Gasteiger partial charge in [-0.25, -0.2) is 9.59 Å². The average molecular weight is 713 g/mol. The molecule has 2 atom stereocenters. The number of fused-ring (bicyclic) bond motifs is 3. The molecular weight excluding hydrogens is 664 g/mol. The zero-order chi connectivity index (χ0) is 37.1. The van der Waals surface area contributed by atoms with Crippen molar-refractivity contribution in [2.75, 3.05) is 6.61 Å². The molecule has 0 radical (unpaired) electrons. The Morgan fingerprint density at radius 2 is 1.35 bits per heavy atom. The lowest BCUT2D eigenvalue weighted by atomic mass is 9.98. The third-order valence-electron chi connectivity index (χ3n) is 9.06. The number of ether oxygens (including phenoxy) is 4. The second-order valence-corrected chi connectivity index (χ2v) is 14.3. The van der Waals surface area contributed by atoms with Crippen molar-refractivity contribution in [1.82, 2.24) is 10.6 Å². The van der Waals surface area contributed by atoms with E-state index in [1.165, 1.54) is 0 Å². The number of esters is 3. The quantitative estimate of drug-likeness (QED) is 0.141. The van der Waals surface area contributed by atoms with Crippen molar-refractivity contribution < 1.29 is 42.9 Å². The molecule has 2 amide bonds. The van der Waals surface area contributed by atoms with Gasteiger partial charge in [0.05, 0.1) is 6.42 Å². The summed E-state index contributed by atoms with van der Waals surface area (Å²) in [5.74, 6) is -3.08. The summed E-state index contributed by atoms with van der Waals surface area (Å²) >= 11 is 0. The molecule has 11 nitrogen and oxygen atoms in total. The van der Waals surface area contributed by atoms with E-state index in [1.54, 1.807) is 45.0 Å². The number of hydrogen-bond donors (Lipinski definition) is 2. The summed E-state index contributed by atoms with van der Waals surface area (Å²) in [5.41, 5.74) is 4.02. The Balaban J connectivity index is 1.27. The van der Waals surface area contributed by atoms with Crippen LogP contribution in [0.1, 0.15) is 94.7 Å². The minimum absolute atomic E-state index is 0.0157. The Morgan fingerprint density at radius 1 is 0.731 bits per heavy atom. The highest BCUT2D eigenvalue weighted by Crippen LogP contribution is 2.44. The van der Waals surface area contributed by atoms with Gasteiger partial charge in [0, 0.05) is 12.3 Å². The largest absolute Gasteiger partial charge is 0.462 e. The molecule has 3 aromatic carbocycles. The molecule has 52 heavy (non-hydrogen) atoms. The molecule has 1 fully saturated rings. The van der Waals surface area contributed by atoms with Crippen molar-refractivity contribution in [3.8, 4) is 11.1 Å². The maximum absolute atomic E-state index is 13.8. The first-order valence-corrected chi connectivity index (χ1v) is 18.0. The van der Waals surface area contributed by atoms with Gasteiger partial charge in [-0.1, -0.05) is 85.3 Å². The lowest BCUT2D eigenvalue weighted by molar-refractivity contribution is -0.156. The van der Waals surface area contributed by atoms with E-state index in [0.717, 1.165) is 59.9 Å². The van der Waals surface area contributed by atoms with Crippen LogP contribution in [0.15, 0.2) is 78.9 Å². The van der Waals surface area contributed by atoms with E-state index in [4.69, 9.17) is 18.9 Å². The third kappa shape index (κ3) is 10.9. The molecule has 0 spiro atoms. The number of hydrogen-bond acceptors (Lipinski definition) is 9. The fraction of sp³-hybridized carbons (Fsp3) is 0.439. The molecule has 0 saturated heterocycles. The van der Waals surface area contributed by atoms with Crippen LogP contribution in [0.5, 0.6) is 0 Å². The van der Waals surface area contributed by atoms with Crippen LogP contribution in [0.3, 0.4) is 0 Å². The van der Waals surface area contributed by atoms with E-state index in [2.05, 4.69) is 10.6 Å². The molecule has 2 N–H and O–H groups in total. The third-order valence-corrected chi connectivity index (χ3v) is 9.06. The average Bonchev–Trinajstić information content (AvgIpc) is 3.44. The number of rotatable bonds is 14. The van der Waals surface area contributed by atoms with Gasteiger partial charge in [0.1, 0.15) is 37.0 Å². The Kier molecular flexibility index (Phi) is 13.1. The summed E-state index contributed by atoms with van der Waals surface area (Å²) < 4.78 is 22.3. The predicted molar refractivity (Wildman–Crippen MR) is 193 cm³/mol. The van der Waals surface area contributed by atoms with Crippen LogP contribution in [0.2, 0.25) is 0 Å². The van der Waals surface area contributed by atoms with Crippen LogP contribution in [-0.4, -0.2) is 60.3 Å². The maximum atomic E-state index is 13.8. The van der Waals surface area contributed by atoms with Gasteiger partial charge in [-0.3, -0.25) is 14.4 Å². The normalized spacial score (nSPS) is 15.3. The van der Waals surface area contributed by atoms with Crippen molar-refractivity contribution in [3.05, 3.63) is 95.6 Å². The number of amides is 2. The molecule has 0 heterocycles. The summed E-state index contributed by atoms with van der Waals surface area (Å²) in [4.78, 5) is 66.1. The zero-order valence-corrected chi connectivity index (χ0v) is 30.1. The molecule has 0 bridgehead atoms. The standard InChI is InChI=1S/C41H48N2O9/c1-41(2,3)52-37(45)24-35(43-40(48)50-26-33-31-20-12-10-18-29(31)30-19-11-13-21-32(30)33)38(46)42-34(39(47)49-25-27-14-6-4-7-15-27)22-23-36(44)51-28-16-8-5-9-17-28/h4,6-7,10-15,18-21,28,33-35H,5,8-9,16-17,22-26H2,1-3H3,(H,42,46)(H,43,48)/t34-,35-/m0/s1. The van der Waals surface area contributed by atoms with E-state index >= 15 is 0 Å². The number of carbonyl (C=O) groups excluding carboxylic acids is 5. The summed E-state index contributed by atoms with van der Waals surface area (Å²) in [6.45, 7) is 4.98. The van der Waals surface area contributed by atoms with E-state index in [0.29, 0.717) is 0 Å². The first-order valence-electron chi connectivity index (χ1n) is 18.0. The van der Waals surface area contributed by atoms with Gasteiger partial charge in [-0.05, 0) is 80.7 Å². The maximum Gasteiger partial charge on any atom is 0.407 e. The monoisotopic (exact) mass is 712 g/mol. The van der Waals surface area contributed by atoms with Crippen LogP contribution in [-0.2, 0) is 44.7 Å². The molecule has 11 heteroatoms. The Hall–Kier alpha value is -5.19. The van der Waals surface area contributed by atoms with Gasteiger partial charge < -0.3 is 29.6 Å². The summed E-state index contributed by atoms with van der Waals surface area (Å²) in [6.07, 6.45) is 2.75. The van der Waals surface area contributed by atoms with Crippen LogP contribution in [0, 0.1) is 0 Å². The van der Waals surface area contributed by atoms with Crippen molar-refractivity contribution >= 4 is 29.9 Å². The fourth-order valence-electron chi connectivity index (χ4n) is 6.58. The first-order chi connectivity index (χ1) is 25.0.